The summed E-state index contributed by atoms with van der Waals surface area (Å²) in [5.74, 6) is 0.604. The first-order valence-corrected chi connectivity index (χ1v) is 13.2. The van der Waals surface area contributed by atoms with Gasteiger partial charge in [-0.1, -0.05) is 55.2 Å². The van der Waals surface area contributed by atoms with Gasteiger partial charge in [0.05, 0.1) is 17.7 Å². The molecule has 1 atom stereocenters. The third-order valence-corrected chi connectivity index (χ3v) is 8.21. The van der Waals surface area contributed by atoms with Gasteiger partial charge >= 0.3 is 0 Å². The fraction of sp³-hybridized carbons (Fsp3) is 0.400. The molecule has 1 unspecified atom stereocenters. The van der Waals surface area contributed by atoms with Gasteiger partial charge in [0, 0.05) is 11.7 Å². The molecule has 2 N–H and O–H groups in total. The maximum Gasteiger partial charge on any atom is 0.183 e. The summed E-state index contributed by atoms with van der Waals surface area (Å²) >= 11 is 1.67. The van der Waals surface area contributed by atoms with Gasteiger partial charge in [-0.15, -0.1) is 0 Å². The molecule has 1 aliphatic carbocycles. The molecular weight excluding hydrogens is 438 g/mol. The Labute approximate surface area is 197 Å². The summed E-state index contributed by atoms with van der Waals surface area (Å²) in [6.45, 7) is 4.03. The third-order valence-electron chi connectivity index (χ3n) is 5.95. The quantitative estimate of drug-likeness (QED) is 0.378. The SMILES string of the molecule is COc1ccc(-c2sc(NC3CCCCCC3)nc2C)cc1S(=O)Nc1ccccc1C. The fourth-order valence-electron chi connectivity index (χ4n) is 4.13. The van der Waals surface area contributed by atoms with Crippen LogP contribution in [0.3, 0.4) is 0 Å². The number of aromatic nitrogens is 1. The van der Waals surface area contributed by atoms with Crippen molar-refractivity contribution in [1.82, 2.24) is 4.98 Å². The molecule has 4 rings (SSSR count). The molecule has 170 valence electrons. The molecule has 1 aliphatic rings. The van der Waals surface area contributed by atoms with Crippen LogP contribution in [0.4, 0.5) is 10.8 Å². The number of hydrogen-bond acceptors (Lipinski definition) is 5. The molecule has 0 spiro atoms. The predicted octanol–water partition coefficient (Wildman–Crippen LogP) is 6.70. The van der Waals surface area contributed by atoms with Crippen molar-refractivity contribution in [1.29, 1.82) is 0 Å². The van der Waals surface area contributed by atoms with Crippen molar-refractivity contribution < 1.29 is 8.95 Å². The topological polar surface area (TPSA) is 63.2 Å². The summed E-state index contributed by atoms with van der Waals surface area (Å²) in [6, 6.07) is 14.2. The first-order valence-electron chi connectivity index (χ1n) is 11.2. The Morgan fingerprint density at radius 3 is 2.53 bits per heavy atom. The number of hydrogen-bond donors (Lipinski definition) is 2. The predicted molar refractivity (Wildman–Crippen MR) is 135 cm³/mol. The van der Waals surface area contributed by atoms with Crippen LogP contribution in [0.25, 0.3) is 10.4 Å². The Balaban J connectivity index is 1.58. The highest BCUT2D eigenvalue weighted by molar-refractivity contribution is 7.86. The molecule has 7 heteroatoms. The minimum absolute atomic E-state index is 0.508. The van der Waals surface area contributed by atoms with Crippen molar-refractivity contribution in [3.63, 3.8) is 0 Å². The first kappa shape index (κ1) is 22.8. The zero-order valence-corrected chi connectivity index (χ0v) is 20.6. The van der Waals surface area contributed by atoms with Crippen LogP contribution in [0.5, 0.6) is 5.75 Å². The Hall–Kier alpha value is -2.38. The summed E-state index contributed by atoms with van der Waals surface area (Å²) in [6.07, 6.45) is 7.67. The summed E-state index contributed by atoms with van der Waals surface area (Å²) in [4.78, 5) is 6.51. The molecular formula is C25H31N3O2S2. The van der Waals surface area contributed by atoms with Crippen molar-refractivity contribution in [3.05, 3.63) is 53.7 Å². The Morgan fingerprint density at radius 1 is 1.06 bits per heavy atom. The van der Waals surface area contributed by atoms with Crippen molar-refractivity contribution in [2.45, 2.75) is 63.3 Å². The van der Waals surface area contributed by atoms with Gasteiger partial charge in [-0.25, -0.2) is 9.19 Å². The maximum absolute atomic E-state index is 13.2. The number of anilines is 2. The molecule has 1 saturated carbocycles. The van der Waals surface area contributed by atoms with Gasteiger partial charge in [0.25, 0.3) is 0 Å². The largest absolute Gasteiger partial charge is 0.495 e. The molecule has 5 nitrogen and oxygen atoms in total. The van der Waals surface area contributed by atoms with E-state index >= 15 is 0 Å². The maximum atomic E-state index is 13.2. The van der Waals surface area contributed by atoms with Gasteiger partial charge < -0.3 is 14.8 Å². The number of methoxy groups -OCH3 is 1. The van der Waals surface area contributed by atoms with Crippen LogP contribution in [0.15, 0.2) is 47.4 Å². The van der Waals surface area contributed by atoms with Crippen molar-refractivity contribution in [2.75, 3.05) is 17.1 Å². The number of thiazole rings is 1. The Morgan fingerprint density at radius 2 is 1.81 bits per heavy atom. The van der Waals surface area contributed by atoms with E-state index in [1.54, 1.807) is 18.4 Å². The standard InChI is InChI=1S/C25H31N3O2S2/c1-17-10-8-9-13-21(17)28-32(29)23-16-19(14-15-22(23)30-3)24-18(2)26-25(31-24)27-20-11-6-4-5-7-12-20/h8-10,13-16,20,28H,4-7,11-12H2,1-3H3,(H,26,27). The lowest BCUT2D eigenvalue weighted by molar-refractivity contribution is 0.404. The second kappa shape index (κ2) is 10.5. The number of nitrogens with zero attached hydrogens (tertiary/aromatic N) is 1. The minimum Gasteiger partial charge on any atom is -0.495 e. The third kappa shape index (κ3) is 5.33. The van der Waals surface area contributed by atoms with Crippen LogP contribution in [0, 0.1) is 13.8 Å². The molecule has 0 radical (unpaired) electrons. The molecule has 1 heterocycles. The van der Waals surface area contributed by atoms with Crippen LogP contribution >= 0.6 is 11.3 Å². The second-order valence-corrected chi connectivity index (χ2v) is 10.5. The van der Waals surface area contributed by atoms with Crippen LogP contribution in [0.1, 0.15) is 49.8 Å². The molecule has 1 fully saturated rings. The molecule has 0 bridgehead atoms. The summed E-state index contributed by atoms with van der Waals surface area (Å²) in [5.41, 5.74) is 3.88. The molecule has 0 aliphatic heterocycles. The first-order chi connectivity index (χ1) is 15.5. The van der Waals surface area contributed by atoms with Crippen molar-refractivity contribution in [3.8, 4) is 16.2 Å². The highest BCUT2D eigenvalue weighted by Crippen LogP contribution is 2.37. The van der Waals surface area contributed by atoms with E-state index in [-0.39, 0.29) is 0 Å². The van der Waals surface area contributed by atoms with Gasteiger partial charge in [-0.3, -0.25) is 0 Å². The van der Waals surface area contributed by atoms with Crippen LogP contribution in [0.2, 0.25) is 0 Å². The molecule has 0 saturated heterocycles. The number of ether oxygens (including phenoxy) is 1. The van der Waals surface area contributed by atoms with E-state index in [0.29, 0.717) is 16.7 Å². The number of rotatable bonds is 7. The Bertz CT molecular complexity index is 1090. The average Bonchev–Trinajstić information content (AvgIpc) is 2.98. The highest BCUT2D eigenvalue weighted by Gasteiger charge is 2.18. The summed E-state index contributed by atoms with van der Waals surface area (Å²) in [5, 5.41) is 4.63. The molecule has 2 aromatic carbocycles. The van der Waals surface area contributed by atoms with Gasteiger partial charge in [0.1, 0.15) is 10.6 Å². The zero-order valence-electron chi connectivity index (χ0n) is 18.9. The van der Waals surface area contributed by atoms with E-state index in [1.807, 2.05) is 56.3 Å². The van der Waals surface area contributed by atoms with Gasteiger partial charge in [-0.2, -0.15) is 0 Å². The van der Waals surface area contributed by atoms with E-state index in [9.17, 15) is 4.21 Å². The second-order valence-electron chi connectivity index (χ2n) is 8.32. The van der Waals surface area contributed by atoms with E-state index in [2.05, 4.69) is 10.0 Å². The van der Waals surface area contributed by atoms with Crippen LogP contribution in [-0.4, -0.2) is 22.3 Å². The minimum atomic E-state index is -1.45. The number of nitrogens with one attached hydrogen (secondary N) is 2. The van der Waals surface area contributed by atoms with Crippen molar-refractivity contribution in [2.24, 2.45) is 0 Å². The molecule has 0 amide bonds. The van der Waals surface area contributed by atoms with Gasteiger partial charge in [-0.05, 0) is 62.1 Å². The van der Waals surface area contributed by atoms with Crippen molar-refractivity contribution >= 4 is 33.1 Å². The smallest absolute Gasteiger partial charge is 0.183 e. The zero-order chi connectivity index (χ0) is 22.5. The van der Waals surface area contributed by atoms with Crippen LogP contribution < -0.4 is 14.8 Å². The van der Waals surface area contributed by atoms with Crippen LogP contribution in [-0.2, 0) is 11.0 Å². The molecule has 3 aromatic rings. The molecule has 1 aromatic heterocycles. The normalized spacial score (nSPS) is 15.7. The summed E-state index contributed by atoms with van der Waals surface area (Å²) < 4.78 is 21.9. The lowest BCUT2D eigenvalue weighted by Crippen LogP contribution is -2.17. The van der Waals surface area contributed by atoms with E-state index < -0.39 is 11.0 Å². The molecule has 32 heavy (non-hydrogen) atoms. The summed E-state index contributed by atoms with van der Waals surface area (Å²) in [7, 11) is 0.153. The number of para-hydroxylation sites is 1. The van der Waals surface area contributed by atoms with E-state index in [0.717, 1.165) is 32.5 Å². The number of benzene rings is 2. The van der Waals surface area contributed by atoms with E-state index in [1.165, 1.54) is 38.5 Å². The van der Waals surface area contributed by atoms with E-state index in [4.69, 9.17) is 9.72 Å². The lowest BCUT2D eigenvalue weighted by Gasteiger charge is -2.14. The Kier molecular flexibility index (Phi) is 7.48. The van der Waals surface area contributed by atoms with Gasteiger partial charge in [0.15, 0.2) is 16.1 Å². The monoisotopic (exact) mass is 469 g/mol. The highest BCUT2D eigenvalue weighted by atomic mass is 32.2. The fourth-order valence-corrected chi connectivity index (χ4v) is 6.28. The van der Waals surface area contributed by atoms with Gasteiger partial charge in [0.2, 0.25) is 0 Å². The lowest BCUT2D eigenvalue weighted by atomic mass is 10.1. The average molecular weight is 470 g/mol. The number of aryl methyl sites for hydroxylation is 2.